The first kappa shape index (κ1) is 23.8. The zero-order valence-corrected chi connectivity index (χ0v) is 18.1. The maximum absolute atomic E-state index is 9.55. The van der Waals surface area contributed by atoms with E-state index in [0.29, 0.717) is 12.2 Å². The molecule has 0 aliphatic heterocycles. The van der Waals surface area contributed by atoms with Crippen LogP contribution in [0.1, 0.15) is 25.8 Å². The Bertz CT molecular complexity index is 1040. The van der Waals surface area contributed by atoms with E-state index in [1.54, 1.807) is 0 Å². The summed E-state index contributed by atoms with van der Waals surface area (Å²) in [7, 11) is 0. The summed E-state index contributed by atoms with van der Waals surface area (Å²) in [5, 5.41) is 21.4. The molecule has 0 saturated carbocycles. The summed E-state index contributed by atoms with van der Waals surface area (Å²) >= 11 is 0. The van der Waals surface area contributed by atoms with E-state index in [0.717, 1.165) is 65.8 Å². The van der Waals surface area contributed by atoms with Gasteiger partial charge in [-0.3, -0.25) is 4.98 Å². The van der Waals surface area contributed by atoms with Crippen molar-refractivity contribution in [3.05, 3.63) is 42.4 Å². The Kier molecular flexibility index (Phi) is 8.95. The predicted molar refractivity (Wildman–Crippen MR) is 121 cm³/mol. The SMILES string of the molecule is CCN(CC)CCCNc1ncc(C)c2[nH]c3ccncc3c12.O=C(O)/C=C/C(=O)O. The number of anilines is 1. The zero-order valence-electron chi connectivity index (χ0n) is 18.1. The van der Waals surface area contributed by atoms with Gasteiger partial charge in [-0.1, -0.05) is 13.8 Å². The Labute approximate surface area is 180 Å². The molecule has 0 unspecified atom stereocenters. The number of nitrogens with zero attached hydrogens (tertiary/aromatic N) is 3. The van der Waals surface area contributed by atoms with Crippen LogP contribution in [0.4, 0.5) is 5.82 Å². The Morgan fingerprint density at radius 2 is 1.84 bits per heavy atom. The highest BCUT2D eigenvalue weighted by molar-refractivity contribution is 6.12. The highest BCUT2D eigenvalue weighted by Crippen LogP contribution is 2.31. The van der Waals surface area contributed by atoms with Crippen molar-refractivity contribution in [2.24, 2.45) is 0 Å². The number of aromatic amines is 1. The minimum atomic E-state index is -1.26. The molecular formula is C22H29N5O4. The predicted octanol–water partition coefficient (Wildman–Crippen LogP) is 3.28. The standard InChI is InChI=1S/C18H25N5.C4H4O4/c1-4-23(5-2)10-6-8-20-18-16-14-12-19-9-7-15(14)22-17(16)13(3)11-21-18;5-3(6)1-2-4(7)8/h7,9,11-12,22H,4-6,8,10H2,1-3H3,(H,20,21);1-2H,(H,5,6)(H,7,8)/b;2-1+. The lowest BCUT2D eigenvalue weighted by atomic mass is 10.1. The van der Waals surface area contributed by atoms with Crippen molar-refractivity contribution in [1.82, 2.24) is 19.9 Å². The van der Waals surface area contributed by atoms with E-state index in [-0.39, 0.29) is 0 Å². The number of hydrogen-bond acceptors (Lipinski definition) is 6. The number of pyridine rings is 2. The van der Waals surface area contributed by atoms with Gasteiger partial charge in [-0.15, -0.1) is 0 Å². The molecule has 4 N–H and O–H groups in total. The molecule has 0 aliphatic rings. The molecule has 3 aromatic heterocycles. The number of carboxylic acids is 2. The number of carboxylic acid groups (broad SMARTS) is 2. The second kappa shape index (κ2) is 11.7. The third kappa shape index (κ3) is 6.78. The summed E-state index contributed by atoms with van der Waals surface area (Å²) in [5.74, 6) is -1.57. The molecule has 3 rings (SSSR count). The van der Waals surface area contributed by atoms with Gasteiger partial charge in [-0.2, -0.15) is 0 Å². The van der Waals surface area contributed by atoms with Crippen molar-refractivity contribution in [2.75, 3.05) is 31.5 Å². The van der Waals surface area contributed by atoms with Crippen LogP contribution < -0.4 is 5.32 Å². The molecule has 9 nitrogen and oxygen atoms in total. The van der Waals surface area contributed by atoms with Gasteiger partial charge in [-0.05, 0) is 44.6 Å². The van der Waals surface area contributed by atoms with E-state index >= 15 is 0 Å². The smallest absolute Gasteiger partial charge is 0.328 e. The molecule has 3 aromatic rings. The first-order chi connectivity index (χ1) is 14.9. The van der Waals surface area contributed by atoms with E-state index in [1.807, 2.05) is 24.7 Å². The first-order valence-corrected chi connectivity index (χ1v) is 10.2. The lowest BCUT2D eigenvalue weighted by Crippen LogP contribution is -2.25. The molecular weight excluding hydrogens is 398 g/mol. The van der Waals surface area contributed by atoms with Crippen molar-refractivity contribution in [1.29, 1.82) is 0 Å². The minimum Gasteiger partial charge on any atom is -0.478 e. The quantitative estimate of drug-likeness (QED) is 0.302. The number of fused-ring (bicyclic) bond motifs is 3. The van der Waals surface area contributed by atoms with Gasteiger partial charge in [0, 0.05) is 48.2 Å². The van der Waals surface area contributed by atoms with Crippen molar-refractivity contribution < 1.29 is 19.8 Å². The van der Waals surface area contributed by atoms with Crippen LogP contribution in [0.3, 0.4) is 0 Å². The van der Waals surface area contributed by atoms with Gasteiger partial charge < -0.3 is 25.4 Å². The van der Waals surface area contributed by atoms with E-state index < -0.39 is 11.9 Å². The second-order valence-corrected chi connectivity index (χ2v) is 6.90. The Morgan fingerprint density at radius 3 is 2.45 bits per heavy atom. The summed E-state index contributed by atoms with van der Waals surface area (Å²) in [4.78, 5) is 33.9. The van der Waals surface area contributed by atoms with Crippen LogP contribution in [0.2, 0.25) is 0 Å². The summed E-state index contributed by atoms with van der Waals surface area (Å²) in [6, 6.07) is 2.01. The Morgan fingerprint density at radius 1 is 1.16 bits per heavy atom. The molecule has 0 fully saturated rings. The summed E-state index contributed by atoms with van der Waals surface area (Å²) in [6.45, 7) is 10.8. The van der Waals surface area contributed by atoms with E-state index in [1.165, 1.54) is 0 Å². The Hall–Kier alpha value is -3.46. The monoisotopic (exact) mass is 427 g/mol. The van der Waals surface area contributed by atoms with Gasteiger partial charge in [0.1, 0.15) is 5.82 Å². The van der Waals surface area contributed by atoms with Crippen LogP contribution in [0, 0.1) is 6.92 Å². The lowest BCUT2D eigenvalue weighted by molar-refractivity contribution is -0.134. The van der Waals surface area contributed by atoms with Crippen LogP contribution in [-0.4, -0.2) is 68.2 Å². The first-order valence-electron chi connectivity index (χ1n) is 10.2. The number of hydrogen-bond donors (Lipinski definition) is 4. The summed E-state index contributed by atoms with van der Waals surface area (Å²) < 4.78 is 0. The lowest BCUT2D eigenvalue weighted by Gasteiger charge is -2.18. The summed E-state index contributed by atoms with van der Waals surface area (Å²) in [5.41, 5.74) is 3.41. The number of nitrogens with one attached hydrogen (secondary N) is 2. The molecule has 0 amide bonds. The number of aliphatic carboxylic acids is 2. The molecule has 3 heterocycles. The van der Waals surface area contributed by atoms with E-state index in [9.17, 15) is 9.59 Å². The Balaban J connectivity index is 0.000000366. The van der Waals surface area contributed by atoms with E-state index in [4.69, 9.17) is 10.2 Å². The topological polar surface area (TPSA) is 131 Å². The van der Waals surface area contributed by atoms with Crippen LogP contribution in [0.5, 0.6) is 0 Å². The molecule has 166 valence electrons. The molecule has 0 spiro atoms. The molecule has 0 aliphatic carbocycles. The largest absolute Gasteiger partial charge is 0.478 e. The van der Waals surface area contributed by atoms with Gasteiger partial charge in [-0.25, -0.2) is 14.6 Å². The minimum absolute atomic E-state index is 0.558. The summed E-state index contributed by atoms with van der Waals surface area (Å²) in [6.07, 6.45) is 7.88. The highest BCUT2D eigenvalue weighted by atomic mass is 16.4. The van der Waals surface area contributed by atoms with Crippen LogP contribution in [-0.2, 0) is 9.59 Å². The average molecular weight is 428 g/mol. The molecule has 0 atom stereocenters. The van der Waals surface area contributed by atoms with E-state index in [2.05, 4.69) is 45.9 Å². The number of rotatable bonds is 9. The van der Waals surface area contributed by atoms with Gasteiger partial charge in [0.25, 0.3) is 0 Å². The maximum atomic E-state index is 9.55. The molecule has 9 heteroatoms. The fourth-order valence-corrected chi connectivity index (χ4v) is 3.19. The third-order valence-corrected chi connectivity index (χ3v) is 4.82. The average Bonchev–Trinajstić information content (AvgIpc) is 3.15. The number of aromatic nitrogens is 3. The zero-order chi connectivity index (χ0) is 22.8. The fraction of sp³-hybridized carbons (Fsp3) is 0.364. The molecule has 0 saturated heterocycles. The van der Waals surface area contributed by atoms with Crippen molar-refractivity contribution >= 4 is 39.6 Å². The van der Waals surface area contributed by atoms with Crippen LogP contribution in [0.15, 0.2) is 36.8 Å². The number of carbonyl (C=O) groups is 2. The van der Waals surface area contributed by atoms with Crippen molar-refractivity contribution in [3.8, 4) is 0 Å². The highest BCUT2D eigenvalue weighted by Gasteiger charge is 2.12. The second-order valence-electron chi connectivity index (χ2n) is 6.90. The number of H-pyrrole nitrogens is 1. The van der Waals surface area contributed by atoms with Crippen LogP contribution in [0.25, 0.3) is 21.8 Å². The maximum Gasteiger partial charge on any atom is 0.328 e. The third-order valence-electron chi connectivity index (χ3n) is 4.82. The fourth-order valence-electron chi connectivity index (χ4n) is 3.19. The van der Waals surface area contributed by atoms with Crippen molar-refractivity contribution in [2.45, 2.75) is 27.2 Å². The van der Waals surface area contributed by atoms with Gasteiger partial charge >= 0.3 is 11.9 Å². The normalized spacial score (nSPS) is 11.1. The van der Waals surface area contributed by atoms with Gasteiger partial charge in [0.05, 0.1) is 10.9 Å². The number of aryl methyl sites for hydroxylation is 1. The molecule has 0 aromatic carbocycles. The molecule has 31 heavy (non-hydrogen) atoms. The van der Waals surface area contributed by atoms with Gasteiger partial charge in [0.2, 0.25) is 0 Å². The van der Waals surface area contributed by atoms with Crippen molar-refractivity contribution in [3.63, 3.8) is 0 Å². The van der Waals surface area contributed by atoms with Gasteiger partial charge in [0.15, 0.2) is 0 Å². The molecule has 0 bridgehead atoms. The molecule has 0 radical (unpaired) electrons. The van der Waals surface area contributed by atoms with Crippen LogP contribution >= 0.6 is 0 Å².